The summed E-state index contributed by atoms with van der Waals surface area (Å²) >= 11 is 0. The molecule has 3 aromatic rings. The minimum atomic E-state index is 0.545. The van der Waals surface area contributed by atoms with Gasteiger partial charge in [-0.15, -0.1) is 0 Å². The Hall–Kier alpha value is -2.15. The van der Waals surface area contributed by atoms with Gasteiger partial charge in [0.25, 0.3) is 0 Å². The molecule has 0 aliphatic carbocycles. The van der Waals surface area contributed by atoms with E-state index in [0.717, 1.165) is 0 Å². The predicted octanol–water partition coefficient (Wildman–Crippen LogP) is 5.89. The van der Waals surface area contributed by atoms with Gasteiger partial charge in [0.2, 0.25) is 11.2 Å². The Labute approximate surface area is 146 Å². The summed E-state index contributed by atoms with van der Waals surface area (Å²) < 4.78 is 2.33. The Morgan fingerprint density at radius 3 is 2.04 bits per heavy atom. The molecule has 0 spiro atoms. The summed E-state index contributed by atoms with van der Waals surface area (Å²) in [5.74, 6) is 1.10. The summed E-state index contributed by atoms with van der Waals surface area (Å²) in [6.45, 7) is 11.2. The molecule has 0 saturated carbocycles. The lowest BCUT2D eigenvalue weighted by atomic mass is 9.95. The van der Waals surface area contributed by atoms with Crippen molar-refractivity contribution in [3.05, 3.63) is 65.2 Å². The third-order valence-electron chi connectivity index (χ3n) is 5.07. The zero-order valence-electron chi connectivity index (χ0n) is 15.7. The second-order valence-electron chi connectivity index (χ2n) is 7.48. The molecule has 0 N–H and O–H groups in total. The highest BCUT2D eigenvalue weighted by molar-refractivity contribution is 5.79. The fourth-order valence-corrected chi connectivity index (χ4v) is 3.33. The van der Waals surface area contributed by atoms with Crippen LogP contribution in [0, 0.1) is 6.92 Å². The van der Waals surface area contributed by atoms with E-state index in [-0.39, 0.29) is 0 Å². The second kappa shape index (κ2) is 6.39. The largest absolute Gasteiger partial charge is 0.213 e. The van der Waals surface area contributed by atoms with Crippen LogP contribution < -0.4 is 4.57 Å². The number of aryl methyl sites for hydroxylation is 2. The van der Waals surface area contributed by atoms with Crippen molar-refractivity contribution in [2.75, 3.05) is 0 Å². The first-order valence-electron chi connectivity index (χ1n) is 8.92. The maximum Gasteiger partial charge on any atom is 0.213 e. The average Bonchev–Trinajstić information content (AvgIpc) is 2.55. The van der Waals surface area contributed by atoms with E-state index in [1.165, 1.54) is 38.9 Å². The van der Waals surface area contributed by atoms with Crippen LogP contribution in [0.3, 0.4) is 0 Å². The molecule has 1 aromatic heterocycles. The van der Waals surface area contributed by atoms with E-state index in [0.29, 0.717) is 11.8 Å². The third-order valence-corrected chi connectivity index (χ3v) is 5.07. The fraction of sp³-hybridized carbons (Fsp3) is 0.348. The topological polar surface area (TPSA) is 3.88 Å². The number of hydrogen-bond acceptors (Lipinski definition) is 0. The smallest absolute Gasteiger partial charge is 0.194 e. The molecule has 0 atom stereocenters. The zero-order valence-corrected chi connectivity index (χ0v) is 15.7. The van der Waals surface area contributed by atoms with Crippen molar-refractivity contribution in [1.29, 1.82) is 0 Å². The summed E-state index contributed by atoms with van der Waals surface area (Å²) in [4.78, 5) is 0. The van der Waals surface area contributed by atoms with Gasteiger partial charge in [-0.3, -0.25) is 0 Å². The molecule has 0 radical (unpaired) electrons. The number of nitrogens with zero attached hydrogens (tertiary/aromatic N) is 1. The molecule has 0 amide bonds. The molecule has 2 aromatic carbocycles. The Morgan fingerprint density at radius 2 is 1.38 bits per heavy atom. The van der Waals surface area contributed by atoms with Crippen molar-refractivity contribution < 1.29 is 4.57 Å². The van der Waals surface area contributed by atoms with Crippen LogP contribution in [-0.4, -0.2) is 0 Å². The normalized spacial score (nSPS) is 11.7. The SMILES string of the molecule is Cc1ccc(C(C)C)cc1-c1ccc2cc(C(C)C)ccc2[n+]1C. The van der Waals surface area contributed by atoms with E-state index in [1.54, 1.807) is 0 Å². The highest BCUT2D eigenvalue weighted by Crippen LogP contribution is 2.27. The average molecular weight is 318 g/mol. The summed E-state index contributed by atoms with van der Waals surface area (Å²) in [6.07, 6.45) is 0. The molecule has 1 heterocycles. The van der Waals surface area contributed by atoms with Gasteiger partial charge >= 0.3 is 0 Å². The molecule has 3 rings (SSSR count). The number of benzene rings is 2. The van der Waals surface area contributed by atoms with Crippen molar-refractivity contribution >= 4 is 10.9 Å². The highest BCUT2D eigenvalue weighted by atomic mass is 14.9. The van der Waals surface area contributed by atoms with Crippen molar-refractivity contribution in [3.63, 3.8) is 0 Å². The van der Waals surface area contributed by atoms with E-state index in [2.05, 4.69) is 94.8 Å². The van der Waals surface area contributed by atoms with E-state index < -0.39 is 0 Å². The van der Waals surface area contributed by atoms with E-state index in [9.17, 15) is 0 Å². The first-order chi connectivity index (χ1) is 11.4. The summed E-state index contributed by atoms with van der Waals surface area (Å²) in [5.41, 5.74) is 8.01. The number of aromatic nitrogens is 1. The van der Waals surface area contributed by atoms with Crippen LogP contribution in [0.15, 0.2) is 48.5 Å². The minimum absolute atomic E-state index is 0.545. The molecule has 24 heavy (non-hydrogen) atoms. The van der Waals surface area contributed by atoms with Crippen LogP contribution in [0.25, 0.3) is 22.2 Å². The quantitative estimate of drug-likeness (QED) is 0.530. The molecule has 0 unspecified atom stereocenters. The van der Waals surface area contributed by atoms with Crippen molar-refractivity contribution in [2.45, 2.75) is 46.5 Å². The molecule has 0 aliphatic heterocycles. The molecule has 124 valence electrons. The van der Waals surface area contributed by atoms with Crippen LogP contribution in [-0.2, 0) is 7.05 Å². The van der Waals surface area contributed by atoms with Gasteiger partial charge in [0.1, 0.15) is 7.05 Å². The first kappa shape index (κ1) is 16.7. The standard InChI is InChI=1S/C23H28N/c1-15(2)18-9-11-22-20(13-18)10-12-23(24(22)6)21-14-19(16(3)4)8-7-17(21)5/h7-16H,1-6H3/q+1. The monoisotopic (exact) mass is 318 g/mol. The van der Waals surface area contributed by atoms with Crippen LogP contribution in [0.1, 0.15) is 56.2 Å². The van der Waals surface area contributed by atoms with Gasteiger partial charge in [-0.2, -0.15) is 4.57 Å². The number of fused-ring (bicyclic) bond motifs is 1. The van der Waals surface area contributed by atoms with Crippen molar-refractivity contribution in [2.24, 2.45) is 7.05 Å². The lowest BCUT2D eigenvalue weighted by molar-refractivity contribution is -0.633. The lowest BCUT2D eigenvalue weighted by Crippen LogP contribution is -2.32. The summed E-state index contributed by atoms with van der Waals surface area (Å²) in [7, 11) is 2.17. The molecular formula is C23H28N+. The first-order valence-corrected chi connectivity index (χ1v) is 8.92. The lowest BCUT2D eigenvalue weighted by Gasteiger charge is -2.12. The van der Waals surface area contributed by atoms with Gasteiger partial charge in [0.15, 0.2) is 0 Å². The Morgan fingerprint density at radius 1 is 0.750 bits per heavy atom. The van der Waals surface area contributed by atoms with Crippen molar-refractivity contribution in [1.82, 2.24) is 0 Å². The number of hydrogen-bond donors (Lipinski definition) is 0. The number of rotatable bonds is 3. The Bertz CT molecular complexity index is 888. The van der Waals surface area contributed by atoms with Crippen LogP contribution in [0.5, 0.6) is 0 Å². The predicted molar refractivity (Wildman–Crippen MR) is 103 cm³/mol. The summed E-state index contributed by atoms with van der Waals surface area (Å²) in [6, 6.07) is 18.2. The minimum Gasteiger partial charge on any atom is -0.194 e. The molecule has 0 bridgehead atoms. The van der Waals surface area contributed by atoms with E-state index in [4.69, 9.17) is 0 Å². The molecule has 0 aliphatic rings. The van der Waals surface area contributed by atoms with Gasteiger partial charge in [-0.25, -0.2) is 0 Å². The van der Waals surface area contributed by atoms with E-state index in [1.807, 2.05) is 0 Å². The molecule has 1 nitrogen and oxygen atoms in total. The maximum absolute atomic E-state index is 2.35. The van der Waals surface area contributed by atoms with Gasteiger partial charge in [0.05, 0.1) is 0 Å². The van der Waals surface area contributed by atoms with Gasteiger partial charge < -0.3 is 0 Å². The zero-order chi connectivity index (χ0) is 17.4. The van der Waals surface area contributed by atoms with Crippen LogP contribution in [0.4, 0.5) is 0 Å². The van der Waals surface area contributed by atoms with Gasteiger partial charge in [-0.05, 0) is 53.6 Å². The van der Waals surface area contributed by atoms with E-state index >= 15 is 0 Å². The molecule has 1 heteroatoms. The van der Waals surface area contributed by atoms with Crippen LogP contribution in [0.2, 0.25) is 0 Å². The molecule has 0 fully saturated rings. The molecular weight excluding hydrogens is 290 g/mol. The van der Waals surface area contributed by atoms with Crippen LogP contribution >= 0.6 is 0 Å². The number of pyridine rings is 1. The molecule has 0 saturated heterocycles. The fourth-order valence-electron chi connectivity index (χ4n) is 3.33. The Balaban J connectivity index is 2.19. The Kier molecular flexibility index (Phi) is 4.45. The summed E-state index contributed by atoms with van der Waals surface area (Å²) in [5, 5.41) is 1.31. The van der Waals surface area contributed by atoms with Crippen molar-refractivity contribution in [3.8, 4) is 11.3 Å². The highest BCUT2D eigenvalue weighted by Gasteiger charge is 2.17. The van der Waals surface area contributed by atoms with Gasteiger partial charge in [-0.1, -0.05) is 45.9 Å². The maximum atomic E-state index is 2.35. The third kappa shape index (κ3) is 2.96. The second-order valence-corrected chi connectivity index (χ2v) is 7.48. The van der Waals surface area contributed by atoms with Gasteiger partial charge in [0, 0.05) is 23.1 Å².